The lowest BCUT2D eigenvalue weighted by atomic mass is 9.98. The van der Waals surface area contributed by atoms with Crippen LogP contribution in [0.15, 0.2) is 24.3 Å². The van der Waals surface area contributed by atoms with Crippen LogP contribution in [0, 0.1) is 87.3 Å². The van der Waals surface area contributed by atoms with Crippen molar-refractivity contribution in [3.05, 3.63) is 112 Å². The minimum Gasteiger partial charge on any atom is -0.487 e. The van der Waals surface area contributed by atoms with Crippen molar-refractivity contribution in [1.82, 2.24) is 0 Å². The summed E-state index contributed by atoms with van der Waals surface area (Å²) in [6.45, 7) is 0. The Bertz CT molecular complexity index is 2070. The Balaban J connectivity index is 1.81. The highest BCUT2D eigenvalue weighted by atomic mass is 19.2. The Morgan fingerprint density at radius 3 is 1.31 bits per heavy atom. The van der Waals surface area contributed by atoms with E-state index in [1.165, 1.54) is 0 Å². The summed E-state index contributed by atoms with van der Waals surface area (Å²) < 4.78 is 230. The molecular weight excluding hydrogens is 656 g/mol. The Hall–Kier alpha value is -4.97. The fraction of sp³-hybridized carbons (Fsp3) is 0. The van der Waals surface area contributed by atoms with E-state index in [2.05, 4.69) is 14.0 Å². The van der Waals surface area contributed by atoms with Gasteiger partial charge in [-0.05, 0) is 24.3 Å². The molecule has 0 aromatic heterocycles. The smallest absolute Gasteiger partial charge is 0.487 e. The van der Waals surface area contributed by atoms with Gasteiger partial charge >= 0.3 is 7.32 Å². The zero-order valence-corrected chi connectivity index (χ0v) is 20.8. The Labute approximate surface area is 238 Å². The molecule has 19 heteroatoms. The average Bonchev–Trinajstić information content (AvgIpc) is 3.00. The quantitative estimate of drug-likeness (QED) is 0.0601. The Morgan fingerprint density at radius 2 is 0.733 bits per heavy atom. The van der Waals surface area contributed by atoms with Gasteiger partial charge in [-0.1, -0.05) is 0 Å². The Morgan fingerprint density at radius 1 is 0.311 bits per heavy atom. The second-order valence-electron chi connectivity index (χ2n) is 8.64. The van der Waals surface area contributed by atoms with Crippen molar-refractivity contribution in [3.63, 3.8) is 0 Å². The second kappa shape index (κ2) is 11.2. The van der Waals surface area contributed by atoms with Crippen molar-refractivity contribution >= 4 is 28.9 Å². The van der Waals surface area contributed by atoms with Crippen LogP contribution >= 0.6 is 0 Å². The molecule has 0 spiro atoms. The number of halogens is 15. The average molecular weight is 660 g/mol. The van der Waals surface area contributed by atoms with E-state index in [1.807, 2.05) is 0 Å². The van der Waals surface area contributed by atoms with Crippen LogP contribution in [0.4, 0.5) is 65.9 Å². The third-order valence-electron chi connectivity index (χ3n) is 6.08. The third kappa shape index (κ3) is 4.85. The van der Waals surface area contributed by atoms with Crippen LogP contribution in [0.25, 0.3) is 21.5 Å². The summed E-state index contributed by atoms with van der Waals surface area (Å²) in [5.74, 6) is -42.0. The van der Waals surface area contributed by atoms with E-state index >= 15 is 13.2 Å². The summed E-state index contributed by atoms with van der Waals surface area (Å²) in [6, 6.07) is 0.815. The van der Waals surface area contributed by atoms with Crippen LogP contribution < -0.4 is 14.0 Å². The summed E-state index contributed by atoms with van der Waals surface area (Å²) in [6.07, 6.45) is 0. The van der Waals surface area contributed by atoms with Crippen molar-refractivity contribution in [3.8, 4) is 17.2 Å². The first-order chi connectivity index (χ1) is 21.1. The molecule has 0 heterocycles. The molecule has 0 aliphatic rings. The highest BCUT2D eigenvalue weighted by Gasteiger charge is 2.40. The molecule has 0 amide bonds. The lowest BCUT2D eigenvalue weighted by molar-refractivity contribution is 0.274. The molecule has 0 saturated heterocycles. The van der Waals surface area contributed by atoms with E-state index < -0.39 is 133 Å². The van der Waals surface area contributed by atoms with Gasteiger partial charge in [0.2, 0.25) is 17.5 Å². The molecule has 0 fully saturated rings. The Kier molecular flexibility index (Phi) is 7.82. The van der Waals surface area contributed by atoms with Gasteiger partial charge in [0.15, 0.2) is 69.7 Å². The summed E-state index contributed by atoms with van der Waals surface area (Å²) in [7, 11) is -3.30. The number of fused-ring (bicyclic) bond motifs is 2. The van der Waals surface area contributed by atoms with Gasteiger partial charge in [0.1, 0.15) is 17.4 Å². The van der Waals surface area contributed by atoms with E-state index in [0.29, 0.717) is 0 Å². The van der Waals surface area contributed by atoms with Crippen molar-refractivity contribution in [1.29, 1.82) is 0 Å². The first-order valence-electron chi connectivity index (χ1n) is 11.5. The molecule has 45 heavy (non-hydrogen) atoms. The molecule has 5 aromatic carbocycles. The van der Waals surface area contributed by atoms with E-state index in [0.717, 1.165) is 0 Å². The van der Waals surface area contributed by atoms with Crippen molar-refractivity contribution in [2.24, 2.45) is 0 Å². The van der Waals surface area contributed by atoms with Gasteiger partial charge in [-0.25, -0.2) is 52.7 Å². The molecule has 0 atom stereocenters. The fourth-order valence-electron chi connectivity index (χ4n) is 4.04. The highest BCUT2D eigenvalue weighted by Crippen LogP contribution is 2.43. The monoisotopic (exact) mass is 660 g/mol. The zero-order chi connectivity index (χ0) is 33.2. The predicted molar refractivity (Wildman–Crippen MR) is 121 cm³/mol. The molecule has 0 radical (unpaired) electrons. The van der Waals surface area contributed by atoms with Crippen LogP contribution in [0.3, 0.4) is 0 Å². The third-order valence-corrected chi connectivity index (χ3v) is 6.08. The summed E-state index contributed by atoms with van der Waals surface area (Å²) >= 11 is 0. The highest BCUT2D eigenvalue weighted by molar-refractivity contribution is 6.40. The molecule has 0 aliphatic carbocycles. The molecule has 0 bridgehead atoms. The predicted octanol–water partition coefficient (Wildman–Crippen LogP) is 8.60. The first kappa shape index (κ1) is 31.5. The van der Waals surface area contributed by atoms with Gasteiger partial charge in [0.05, 0.1) is 21.5 Å². The maximum atomic E-state index is 15.6. The lowest BCUT2D eigenvalue weighted by Crippen LogP contribution is -2.38. The van der Waals surface area contributed by atoms with E-state index in [1.54, 1.807) is 0 Å². The number of benzene rings is 5. The van der Waals surface area contributed by atoms with Gasteiger partial charge in [0.25, 0.3) is 0 Å². The van der Waals surface area contributed by atoms with Crippen molar-refractivity contribution in [2.45, 2.75) is 0 Å². The molecule has 0 aliphatic heterocycles. The van der Waals surface area contributed by atoms with Gasteiger partial charge in [-0.2, -0.15) is 13.2 Å². The van der Waals surface area contributed by atoms with Gasteiger partial charge in [-0.15, -0.1) is 0 Å². The number of hydrogen-bond acceptors (Lipinski definition) is 3. The minimum atomic E-state index is -3.30. The molecule has 0 unspecified atom stereocenters. The first-order valence-corrected chi connectivity index (χ1v) is 11.5. The molecular formula is C26H4BF15O3. The van der Waals surface area contributed by atoms with Crippen LogP contribution in [-0.2, 0) is 0 Å². The van der Waals surface area contributed by atoms with Gasteiger partial charge in [0, 0.05) is 0 Å². The maximum Gasteiger partial charge on any atom is 0.864 e. The number of hydrogen-bond donors (Lipinski definition) is 0. The van der Waals surface area contributed by atoms with Gasteiger partial charge in [-0.3, -0.25) is 0 Å². The lowest BCUT2D eigenvalue weighted by Gasteiger charge is -2.20. The molecule has 0 saturated carbocycles. The molecule has 3 nitrogen and oxygen atoms in total. The van der Waals surface area contributed by atoms with Crippen LogP contribution in [0.1, 0.15) is 0 Å². The second-order valence-corrected chi connectivity index (χ2v) is 8.64. The standard InChI is InChI=1S/C26H4BF15O3/c28-5-3-4-8(15(33)13(5)31)43-27(44-25-7(30)2-1-6(29)14(25)32)45-26-12-11(20(38)23(41)24(26)42)16(34)9-10(17(12)35)19(37)22(40)21(39)18(9)36/h1-4H. The van der Waals surface area contributed by atoms with E-state index in [9.17, 15) is 52.7 Å². The fourth-order valence-corrected chi connectivity index (χ4v) is 4.04. The SMILES string of the molecule is Fc1ccc(OB(Oc2c(F)ccc(F)c2F)Oc2c(F)c(F)c(F)c3c(F)c4c(F)c(F)c(F)c(F)c4c(F)c23)c(F)c1F. The molecule has 5 rings (SSSR count). The summed E-state index contributed by atoms with van der Waals surface area (Å²) in [5.41, 5.74) is 0. The minimum absolute atomic E-state index is 0.174. The summed E-state index contributed by atoms with van der Waals surface area (Å²) in [5, 5.41) is -8.52. The summed E-state index contributed by atoms with van der Waals surface area (Å²) in [4.78, 5) is 0. The van der Waals surface area contributed by atoms with Crippen LogP contribution in [-0.4, -0.2) is 7.32 Å². The van der Waals surface area contributed by atoms with Crippen LogP contribution in [0.2, 0.25) is 0 Å². The van der Waals surface area contributed by atoms with Crippen molar-refractivity contribution in [2.75, 3.05) is 0 Å². The largest absolute Gasteiger partial charge is 0.864 e. The topological polar surface area (TPSA) is 27.7 Å². The van der Waals surface area contributed by atoms with Crippen LogP contribution in [0.5, 0.6) is 17.2 Å². The maximum absolute atomic E-state index is 15.6. The van der Waals surface area contributed by atoms with E-state index in [-0.39, 0.29) is 24.3 Å². The zero-order valence-electron chi connectivity index (χ0n) is 20.8. The normalized spacial score (nSPS) is 11.4. The molecule has 0 N–H and O–H groups in total. The van der Waals surface area contributed by atoms with E-state index in [4.69, 9.17) is 0 Å². The molecule has 234 valence electrons. The van der Waals surface area contributed by atoms with Crippen molar-refractivity contribution < 1.29 is 79.8 Å². The molecule has 5 aromatic rings. The number of rotatable bonds is 6. The van der Waals surface area contributed by atoms with Gasteiger partial charge < -0.3 is 14.0 Å².